The highest BCUT2D eigenvalue weighted by Crippen LogP contribution is 2.41. The largest absolute Gasteiger partial charge is 0.508 e. The monoisotopic (exact) mass is 621 g/mol. The smallest absolute Gasteiger partial charge is 0.352 e. The predicted octanol–water partition coefficient (Wildman–Crippen LogP) is 0.794. The number of hydrogen-bond donors (Lipinski definition) is 5. The van der Waals surface area contributed by atoms with Gasteiger partial charge in [0.25, 0.3) is 11.8 Å². The predicted molar refractivity (Wildman–Crippen MR) is 154 cm³/mol. The van der Waals surface area contributed by atoms with E-state index in [9.17, 15) is 29.4 Å². The number of carbonyl (C=O) groups excluding carboxylic acids is 3. The molecular formula is C26H23N9O6S2. The summed E-state index contributed by atoms with van der Waals surface area (Å²) in [6, 6.07) is 10.5. The first-order valence-electron chi connectivity index (χ1n) is 12.8. The topological polar surface area (TPSA) is 208 Å². The molecule has 15 nitrogen and oxygen atoms in total. The fourth-order valence-electron chi connectivity index (χ4n) is 4.75. The summed E-state index contributed by atoms with van der Waals surface area (Å²) in [6.45, 7) is 0. The van der Waals surface area contributed by atoms with Gasteiger partial charge >= 0.3 is 5.97 Å². The van der Waals surface area contributed by atoms with Crippen LogP contribution in [-0.4, -0.2) is 91.9 Å². The van der Waals surface area contributed by atoms with Gasteiger partial charge in [0.2, 0.25) is 11.1 Å². The van der Waals surface area contributed by atoms with Gasteiger partial charge in [-0.2, -0.15) is 0 Å². The van der Waals surface area contributed by atoms with Gasteiger partial charge in [0.1, 0.15) is 28.9 Å². The maximum Gasteiger partial charge on any atom is 0.352 e. The van der Waals surface area contributed by atoms with Crippen LogP contribution in [-0.2, 0) is 21.4 Å². The molecule has 1 fully saturated rings. The van der Waals surface area contributed by atoms with Gasteiger partial charge in [0, 0.05) is 18.6 Å². The molecule has 220 valence electrons. The first-order chi connectivity index (χ1) is 20.7. The molecule has 0 saturated carbocycles. The molecule has 4 aromatic rings. The summed E-state index contributed by atoms with van der Waals surface area (Å²) in [5.74, 6) is -2.66. The minimum Gasteiger partial charge on any atom is -0.508 e. The Balaban J connectivity index is 1.20. The minimum atomic E-state index is -1.25. The number of nitrogens with one attached hydrogen (secondary N) is 3. The standard InChI is InChI=1S/C26H23N9O6S2/c1-34-26(31-32-33-34)43-11-13-10-42-24-18(23(39)35(24)19(13)25(40)41)30-21(37)17(12-6-8-14(36)9-7-12)29-22(38)20-27-15-4-2-3-5-16(15)28-20/h2-9,17-18,24,36H,10-11H2,1H3,(H,27,28)(H,29,38)(H,30,37)(H,40,41)/t17?,18?,24-/m1/s1. The van der Waals surface area contributed by atoms with Crippen molar-refractivity contribution in [2.75, 3.05) is 11.5 Å². The molecule has 17 heteroatoms. The number of thioether (sulfide) groups is 2. The van der Waals surface area contributed by atoms with Crippen molar-refractivity contribution < 1.29 is 29.4 Å². The van der Waals surface area contributed by atoms with E-state index in [2.05, 4.69) is 36.1 Å². The van der Waals surface area contributed by atoms with E-state index in [1.165, 1.54) is 57.4 Å². The number of rotatable bonds is 9. The van der Waals surface area contributed by atoms with Crippen molar-refractivity contribution in [3.63, 3.8) is 0 Å². The molecule has 0 aliphatic carbocycles. The summed E-state index contributed by atoms with van der Waals surface area (Å²) in [5, 5.41) is 36.1. The van der Waals surface area contributed by atoms with Gasteiger partial charge in [0.05, 0.1) is 11.0 Å². The SMILES string of the molecule is Cn1nnnc1SCC1=C(C(=O)O)N2C(=O)C(NC(=O)C(NC(=O)c3nc4ccccc4[nH]3)c3ccc(O)cc3)[C@H]2SC1. The zero-order valence-corrected chi connectivity index (χ0v) is 23.9. The van der Waals surface area contributed by atoms with E-state index in [1.807, 2.05) is 0 Å². The first-order valence-corrected chi connectivity index (χ1v) is 14.8. The van der Waals surface area contributed by atoms with Crippen LogP contribution in [0.15, 0.2) is 65.0 Å². The summed E-state index contributed by atoms with van der Waals surface area (Å²) < 4.78 is 1.46. The van der Waals surface area contributed by atoms with E-state index in [0.29, 0.717) is 33.1 Å². The fourth-order valence-corrected chi connectivity index (χ4v) is 7.09. The van der Waals surface area contributed by atoms with E-state index in [1.54, 1.807) is 31.3 Å². The lowest BCUT2D eigenvalue weighted by molar-refractivity contribution is -0.151. The van der Waals surface area contributed by atoms with E-state index < -0.39 is 41.1 Å². The molecule has 1 saturated heterocycles. The molecule has 6 rings (SSSR count). The summed E-state index contributed by atoms with van der Waals surface area (Å²) in [7, 11) is 1.66. The lowest BCUT2D eigenvalue weighted by atomic mass is 10.0. The molecule has 3 atom stereocenters. The number of phenolic OH excluding ortho intramolecular Hbond substituents is 1. The van der Waals surface area contributed by atoms with Crippen molar-refractivity contribution in [2.45, 2.75) is 22.6 Å². The van der Waals surface area contributed by atoms with Gasteiger partial charge in [-0.1, -0.05) is 36.0 Å². The number of aliphatic carboxylic acids is 1. The Kier molecular flexibility index (Phi) is 7.49. The van der Waals surface area contributed by atoms with Crippen LogP contribution in [0, 0.1) is 0 Å². The number of aromatic amines is 1. The summed E-state index contributed by atoms with van der Waals surface area (Å²) in [6.07, 6.45) is 0. The van der Waals surface area contributed by atoms with Gasteiger partial charge < -0.3 is 25.8 Å². The van der Waals surface area contributed by atoms with Crippen molar-refractivity contribution >= 4 is 58.2 Å². The lowest BCUT2D eigenvalue weighted by Crippen LogP contribution is -2.71. The van der Waals surface area contributed by atoms with Gasteiger partial charge in [-0.05, 0) is 45.8 Å². The maximum atomic E-state index is 13.6. The van der Waals surface area contributed by atoms with Crippen molar-refractivity contribution in [1.29, 1.82) is 0 Å². The number of fused-ring (bicyclic) bond motifs is 2. The molecule has 4 heterocycles. The fraction of sp³-hybridized carbons (Fsp3) is 0.231. The van der Waals surface area contributed by atoms with Crippen molar-refractivity contribution in [3.8, 4) is 5.75 Å². The quantitative estimate of drug-likeness (QED) is 0.130. The number of imidazole rings is 1. The van der Waals surface area contributed by atoms with Gasteiger partial charge in [-0.3, -0.25) is 19.3 Å². The van der Waals surface area contributed by atoms with Crippen molar-refractivity contribution in [3.05, 3.63) is 71.2 Å². The van der Waals surface area contributed by atoms with E-state index in [4.69, 9.17) is 0 Å². The third-order valence-corrected chi connectivity index (χ3v) is 9.31. The summed E-state index contributed by atoms with van der Waals surface area (Å²) in [4.78, 5) is 60.6. The number of aromatic nitrogens is 6. The molecule has 3 amide bonds. The number of carboxylic acid groups (broad SMARTS) is 1. The van der Waals surface area contributed by atoms with Crippen LogP contribution in [0.4, 0.5) is 0 Å². The zero-order valence-electron chi connectivity index (χ0n) is 22.3. The van der Waals surface area contributed by atoms with E-state index in [-0.39, 0.29) is 23.0 Å². The lowest BCUT2D eigenvalue weighted by Gasteiger charge is -2.49. The van der Waals surface area contributed by atoms with E-state index >= 15 is 0 Å². The Morgan fingerprint density at radius 3 is 2.65 bits per heavy atom. The number of benzene rings is 2. The number of carbonyl (C=O) groups is 4. The van der Waals surface area contributed by atoms with Crippen LogP contribution in [0.25, 0.3) is 11.0 Å². The number of amides is 3. The Labute approximate surface area is 251 Å². The highest BCUT2D eigenvalue weighted by Gasteiger charge is 2.54. The number of aryl methyl sites for hydroxylation is 1. The Morgan fingerprint density at radius 2 is 1.95 bits per heavy atom. The highest BCUT2D eigenvalue weighted by molar-refractivity contribution is 8.01. The normalized spacial score (nSPS) is 18.6. The van der Waals surface area contributed by atoms with Gasteiger partial charge in [-0.15, -0.1) is 16.9 Å². The molecule has 2 aliphatic rings. The molecule has 2 aliphatic heterocycles. The number of hydrogen-bond acceptors (Lipinski definition) is 11. The van der Waals surface area contributed by atoms with Crippen LogP contribution in [0.3, 0.4) is 0 Å². The van der Waals surface area contributed by atoms with E-state index in [0.717, 1.165) is 0 Å². The number of nitrogens with zero attached hydrogens (tertiary/aromatic N) is 6. The van der Waals surface area contributed by atoms with Crippen LogP contribution >= 0.6 is 23.5 Å². The average molecular weight is 622 g/mol. The second kappa shape index (κ2) is 11.4. The second-order valence-corrected chi connectivity index (χ2v) is 11.7. The molecule has 43 heavy (non-hydrogen) atoms. The maximum absolute atomic E-state index is 13.6. The number of phenols is 1. The van der Waals surface area contributed by atoms with Crippen molar-refractivity contribution in [1.82, 2.24) is 45.7 Å². The highest BCUT2D eigenvalue weighted by atomic mass is 32.2. The van der Waals surface area contributed by atoms with Crippen LogP contribution in [0.1, 0.15) is 22.2 Å². The molecular weight excluding hydrogens is 598 g/mol. The summed E-state index contributed by atoms with van der Waals surface area (Å²) >= 11 is 2.57. The third kappa shape index (κ3) is 5.39. The Bertz CT molecular complexity index is 1750. The minimum absolute atomic E-state index is 0.00903. The van der Waals surface area contributed by atoms with Crippen LogP contribution < -0.4 is 10.6 Å². The number of β-lactam (4-membered cyclic amide) rings is 1. The zero-order chi connectivity index (χ0) is 30.2. The van der Waals surface area contributed by atoms with Gasteiger partial charge in [-0.25, -0.2) is 14.5 Å². The number of H-pyrrole nitrogens is 1. The number of tetrazole rings is 1. The third-order valence-electron chi connectivity index (χ3n) is 6.87. The molecule has 2 aromatic carbocycles. The van der Waals surface area contributed by atoms with Crippen molar-refractivity contribution in [2.24, 2.45) is 7.05 Å². The molecule has 2 unspecified atom stereocenters. The van der Waals surface area contributed by atoms with Gasteiger partial charge in [0.15, 0.2) is 5.82 Å². The molecule has 0 spiro atoms. The number of aromatic hydroxyl groups is 1. The second-order valence-electron chi connectivity index (χ2n) is 9.63. The number of carboxylic acids is 1. The first kappa shape index (κ1) is 28.2. The number of para-hydroxylation sites is 2. The average Bonchev–Trinajstić information content (AvgIpc) is 3.63. The van der Waals surface area contributed by atoms with Crippen LogP contribution in [0.2, 0.25) is 0 Å². The molecule has 5 N–H and O–H groups in total. The molecule has 0 radical (unpaired) electrons. The molecule has 2 aromatic heterocycles. The molecule has 0 bridgehead atoms. The Morgan fingerprint density at radius 1 is 1.19 bits per heavy atom. The Hall–Kier alpha value is -4.90. The van der Waals surface area contributed by atoms with Crippen LogP contribution in [0.5, 0.6) is 5.75 Å². The summed E-state index contributed by atoms with van der Waals surface area (Å²) in [5.41, 5.74) is 1.96.